The number of rotatable bonds is 14. The van der Waals surface area contributed by atoms with E-state index in [1.807, 2.05) is 4.72 Å². The number of alkyl carbamates (subject to hydrolysis) is 1. The second-order valence-corrected chi connectivity index (χ2v) is 12.1. The Morgan fingerprint density at radius 1 is 1.05 bits per heavy atom. The minimum atomic E-state index is -4.40. The van der Waals surface area contributed by atoms with Gasteiger partial charge in [0.25, 0.3) is 15.9 Å². The molecule has 1 saturated carbocycles. The number of ether oxygens (including phenoxy) is 2. The quantitative estimate of drug-likeness (QED) is 0.175. The van der Waals surface area contributed by atoms with Gasteiger partial charge in [-0.25, -0.2) is 17.9 Å². The Bertz CT molecular complexity index is 1180. The van der Waals surface area contributed by atoms with Gasteiger partial charge in [0.1, 0.15) is 16.0 Å². The molecule has 0 radical (unpaired) electrons. The smallest absolute Gasteiger partial charge is 0.408 e. The topological polar surface area (TPSA) is 157 Å². The summed E-state index contributed by atoms with van der Waals surface area (Å²) in [5.41, 5.74) is -2.29. The predicted octanol–water partition coefficient (Wildman–Crippen LogP) is 3.80. The zero-order valence-electron chi connectivity index (χ0n) is 23.0. The highest BCUT2D eigenvalue weighted by atomic mass is 32.2. The first-order valence-electron chi connectivity index (χ1n) is 12.9. The van der Waals surface area contributed by atoms with Crippen LogP contribution < -0.4 is 15.4 Å². The van der Waals surface area contributed by atoms with E-state index in [0.717, 1.165) is 25.7 Å². The highest BCUT2D eigenvalue weighted by Gasteiger charge is 2.61. The number of carbonyl (C=O) groups is 4. The van der Waals surface area contributed by atoms with Gasteiger partial charge in [0.2, 0.25) is 5.91 Å². The molecule has 1 aromatic rings. The number of carbonyl (C=O) groups excluding carboxylic acids is 4. The average Bonchev–Trinajstić information content (AvgIpc) is 3.56. The predicted molar refractivity (Wildman–Crippen MR) is 145 cm³/mol. The third-order valence-corrected chi connectivity index (χ3v) is 7.51. The number of sulfonamides is 1. The lowest BCUT2D eigenvalue weighted by Gasteiger charge is -2.23. The molecule has 39 heavy (non-hydrogen) atoms. The lowest BCUT2D eigenvalue weighted by molar-refractivity contribution is -0.140. The molecule has 2 rings (SSSR count). The van der Waals surface area contributed by atoms with Crippen molar-refractivity contribution in [2.24, 2.45) is 5.92 Å². The zero-order chi connectivity index (χ0) is 29.3. The second kappa shape index (κ2) is 13.6. The van der Waals surface area contributed by atoms with Gasteiger partial charge < -0.3 is 20.1 Å². The maximum absolute atomic E-state index is 13.2. The molecule has 3 amide bonds. The van der Waals surface area contributed by atoms with E-state index in [9.17, 15) is 27.6 Å². The van der Waals surface area contributed by atoms with Crippen LogP contribution in [0.4, 0.5) is 10.5 Å². The van der Waals surface area contributed by atoms with E-state index in [-0.39, 0.29) is 35.3 Å². The summed E-state index contributed by atoms with van der Waals surface area (Å²) in [4.78, 5) is 48.8. The average molecular weight is 566 g/mol. The zero-order valence-corrected chi connectivity index (χ0v) is 23.8. The number of methoxy groups -OCH3 is 1. The van der Waals surface area contributed by atoms with E-state index >= 15 is 0 Å². The summed E-state index contributed by atoms with van der Waals surface area (Å²) in [6, 6.07) is 5.75. The number of amides is 3. The standard InChI is InChI=1S/C27H39N3O8S/c1-6-19-18-27(19,29-25(34)38-26(2,3)4)24(33)30-39(35,36)21-15-13-12-14-20(21)28-22(31)16-10-8-7-9-11-17-23(32)37-5/h6,12-15,19H,1,7-11,16-18H2,2-5H3,(H,28,31)(H,29,34)(H,30,33)/t19-,27-/m1/s1. The Hall–Kier alpha value is -3.41. The molecule has 11 nitrogen and oxygen atoms in total. The molecule has 12 heteroatoms. The summed E-state index contributed by atoms with van der Waals surface area (Å²) >= 11 is 0. The minimum Gasteiger partial charge on any atom is -0.469 e. The van der Waals surface area contributed by atoms with Crippen LogP contribution in [0.15, 0.2) is 41.8 Å². The van der Waals surface area contributed by atoms with Crippen molar-refractivity contribution in [3.8, 4) is 0 Å². The van der Waals surface area contributed by atoms with Crippen LogP contribution >= 0.6 is 0 Å². The fraction of sp³-hybridized carbons (Fsp3) is 0.556. The van der Waals surface area contributed by atoms with Crippen LogP contribution in [0.1, 0.15) is 72.1 Å². The second-order valence-electron chi connectivity index (χ2n) is 10.5. The van der Waals surface area contributed by atoms with Gasteiger partial charge in [-0.15, -0.1) is 6.58 Å². The van der Waals surface area contributed by atoms with Gasteiger partial charge in [0, 0.05) is 18.8 Å². The van der Waals surface area contributed by atoms with E-state index in [1.54, 1.807) is 26.8 Å². The van der Waals surface area contributed by atoms with Crippen LogP contribution in [0.3, 0.4) is 0 Å². The van der Waals surface area contributed by atoms with Crippen molar-refractivity contribution in [3.05, 3.63) is 36.9 Å². The Morgan fingerprint density at radius 2 is 1.67 bits per heavy atom. The molecule has 1 aromatic carbocycles. The first kappa shape index (κ1) is 31.8. The SMILES string of the molecule is C=C[C@@H]1C[C@]1(NC(=O)OC(C)(C)C)C(=O)NS(=O)(=O)c1ccccc1NC(=O)CCCCCCCC(=O)OC. The maximum Gasteiger partial charge on any atom is 0.408 e. The normalized spacial score (nSPS) is 18.4. The molecule has 0 unspecified atom stereocenters. The number of hydrogen-bond acceptors (Lipinski definition) is 8. The van der Waals surface area contributed by atoms with Crippen LogP contribution in [-0.2, 0) is 33.9 Å². The summed E-state index contributed by atoms with van der Waals surface area (Å²) < 4.78 is 38.2. The van der Waals surface area contributed by atoms with Crippen molar-refractivity contribution in [2.75, 3.05) is 12.4 Å². The molecule has 0 bridgehead atoms. The maximum atomic E-state index is 13.2. The molecule has 0 heterocycles. The molecule has 1 aliphatic carbocycles. The Morgan fingerprint density at radius 3 is 2.26 bits per heavy atom. The number of hydrogen-bond donors (Lipinski definition) is 3. The van der Waals surface area contributed by atoms with Gasteiger partial charge in [-0.1, -0.05) is 37.5 Å². The van der Waals surface area contributed by atoms with Gasteiger partial charge in [-0.2, -0.15) is 0 Å². The fourth-order valence-corrected chi connectivity index (χ4v) is 5.19. The van der Waals surface area contributed by atoms with Gasteiger partial charge >= 0.3 is 12.1 Å². The Labute approximate surface area is 230 Å². The van der Waals surface area contributed by atoms with Crippen molar-refractivity contribution in [1.29, 1.82) is 0 Å². The number of para-hydroxylation sites is 1. The highest BCUT2D eigenvalue weighted by Crippen LogP contribution is 2.45. The van der Waals surface area contributed by atoms with Crippen LogP contribution in [0.2, 0.25) is 0 Å². The Kier molecular flexibility index (Phi) is 11.1. The lowest BCUT2D eigenvalue weighted by Crippen LogP contribution is -2.52. The molecule has 1 aliphatic rings. The van der Waals surface area contributed by atoms with E-state index in [4.69, 9.17) is 4.74 Å². The molecule has 0 spiro atoms. The van der Waals surface area contributed by atoms with Crippen LogP contribution in [-0.4, -0.2) is 50.5 Å². The molecule has 2 atom stereocenters. The third-order valence-electron chi connectivity index (χ3n) is 6.12. The molecule has 216 valence electrons. The molecular weight excluding hydrogens is 526 g/mol. The van der Waals surface area contributed by atoms with Crippen molar-refractivity contribution >= 4 is 39.6 Å². The van der Waals surface area contributed by atoms with E-state index in [0.29, 0.717) is 12.8 Å². The molecule has 1 fully saturated rings. The van der Waals surface area contributed by atoms with Crippen LogP contribution in [0, 0.1) is 5.92 Å². The molecule has 0 saturated heterocycles. The van der Waals surface area contributed by atoms with Crippen LogP contribution in [0.5, 0.6) is 0 Å². The first-order chi connectivity index (χ1) is 18.2. The van der Waals surface area contributed by atoms with Crippen molar-refractivity contribution in [1.82, 2.24) is 10.0 Å². The van der Waals surface area contributed by atoms with E-state index in [1.165, 1.54) is 31.4 Å². The first-order valence-corrected chi connectivity index (χ1v) is 14.4. The van der Waals surface area contributed by atoms with Gasteiger partial charge in [0.15, 0.2) is 0 Å². The van der Waals surface area contributed by atoms with E-state index < -0.39 is 39.1 Å². The monoisotopic (exact) mass is 565 g/mol. The van der Waals surface area contributed by atoms with E-state index in [2.05, 4.69) is 21.9 Å². The molecular formula is C27H39N3O8S. The van der Waals surface area contributed by atoms with Gasteiger partial charge in [-0.05, 0) is 52.2 Å². The van der Waals surface area contributed by atoms with Crippen molar-refractivity contribution in [3.63, 3.8) is 0 Å². The molecule has 3 N–H and O–H groups in total. The molecule has 0 aromatic heterocycles. The summed E-state index contributed by atoms with van der Waals surface area (Å²) in [7, 11) is -3.05. The number of benzene rings is 1. The Balaban J connectivity index is 1.99. The summed E-state index contributed by atoms with van der Waals surface area (Å²) in [5.74, 6) is -2.01. The summed E-state index contributed by atoms with van der Waals surface area (Å²) in [6.45, 7) is 8.65. The number of unbranched alkanes of at least 4 members (excludes halogenated alkanes) is 4. The third kappa shape index (κ3) is 9.68. The lowest BCUT2D eigenvalue weighted by atomic mass is 10.1. The van der Waals surface area contributed by atoms with Crippen molar-refractivity contribution in [2.45, 2.75) is 88.2 Å². The highest BCUT2D eigenvalue weighted by molar-refractivity contribution is 7.90. The number of nitrogens with one attached hydrogen (secondary N) is 3. The number of anilines is 1. The summed E-state index contributed by atoms with van der Waals surface area (Å²) in [5, 5.41) is 5.10. The number of esters is 1. The van der Waals surface area contributed by atoms with Crippen LogP contribution in [0.25, 0.3) is 0 Å². The molecule has 0 aliphatic heterocycles. The summed E-state index contributed by atoms with van der Waals surface area (Å²) in [6.07, 6.45) is 5.12. The largest absolute Gasteiger partial charge is 0.469 e. The van der Waals surface area contributed by atoms with Gasteiger partial charge in [0.05, 0.1) is 12.8 Å². The van der Waals surface area contributed by atoms with Crippen molar-refractivity contribution < 1.29 is 37.1 Å². The van der Waals surface area contributed by atoms with Gasteiger partial charge in [-0.3, -0.25) is 14.4 Å². The fourth-order valence-electron chi connectivity index (χ4n) is 3.99. The minimum absolute atomic E-state index is 0.0334.